The van der Waals surface area contributed by atoms with Crippen molar-refractivity contribution in [3.63, 3.8) is 0 Å². The minimum Gasteiger partial charge on any atom is -0.377 e. The van der Waals surface area contributed by atoms with Crippen molar-refractivity contribution in [2.75, 3.05) is 4.90 Å². The predicted octanol–water partition coefficient (Wildman–Crippen LogP) is 3.61. The molecule has 0 aliphatic carbocycles. The van der Waals surface area contributed by atoms with E-state index in [0.29, 0.717) is 5.69 Å². The molecule has 1 aliphatic rings. The second-order valence-corrected chi connectivity index (χ2v) is 8.54. The molecule has 2 amide bonds. The molecule has 1 atom stereocenters. The van der Waals surface area contributed by atoms with Crippen LogP contribution in [0.25, 0.3) is 0 Å². The first-order valence-electron chi connectivity index (χ1n) is 7.66. The zero-order chi connectivity index (χ0) is 18.7. The van der Waals surface area contributed by atoms with E-state index >= 15 is 0 Å². The van der Waals surface area contributed by atoms with Gasteiger partial charge in [0.05, 0.1) is 16.3 Å². The van der Waals surface area contributed by atoms with Gasteiger partial charge in [0.25, 0.3) is 0 Å². The summed E-state index contributed by atoms with van der Waals surface area (Å²) in [6, 6.07) is 10.9. The lowest BCUT2D eigenvalue weighted by atomic mass is 10.3. The molecule has 0 saturated carbocycles. The van der Waals surface area contributed by atoms with E-state index in [1.54, 1.807) is 35.6 Å². The number of carbonyl (C=O) groups is 2. The number of thioether (sulfide) groups is 1. The number of imide groups is 1. The number of halogens is 1. The fourth-order valence-corrected chi connectivity index (χ4v) is 4.13. The van der Waals surface area contributed by atoms with Crippen LogP contribution in [0.3, 0.4) is 0 Å². The highest BCUT2D eigenvalue weighted by molar-refractivity contribution is 9.10. The molecule has 2 aromatic rings. The van der Waals surface area contributed by atoms with Crippen LogP contribution in [0.4, 0.5) is 5.69 Å². The largest absolute Gasteiger partial charge is 0.377 e. The Bertz CT molecular complexity index is 879. The minimum absolute atomic E-state index is 0.0867. The van der Waals surface area contributed by atoms with Crippen molar-refractivity contribution in [3.8, 4) is 0 Å². The molecule has 1 aliphatic heterocycles. The summed E-state index contributed by atoms with van der Waals surface area (Å²) >= 11 is 5.96. The average molecular weight is 451 g/mol. The van der Waals surface area contributed by atoms with E-state index in [2.05, 4.69) is 26.1 Å². The number of carbonyl (C=O) groups excluding carboxylic acids is 2. The smallest absolute Gasteiger partial charge is 0.247 e. The van der Waals surface area contributed by atoms with Crippen molar-refractivity contribution in [1.29, 1.82) is 0 Å². The molecule has 3 rings (SSSR count). The van der Waals surface area contributed by atoms with Gasteiger partial charge >= 0.3 is 0 Å². The molecule has 9 heteroatoms. The summed E-state index contributed by atoms with van der Waals surface area (Å²) in [6.45, 7) is 1.84. The van der Waals surface area contributed by atoms with E-state index < -0.39 is 5.25 Å². The van der Waals surface area contributed by atoms with Gasteiger partial charge in [-0.1, -0.05) is 33.8 Å². The van der Waals surface area contributed by atoms with Gasteiger partial charge in [-0.05, 0) is 42.6 Å². The first-order chi connectivity index (χ1) is 12.5. The van der Waals surface area contributed by atoms with Crippen LogP contribution < -0.4 is 10.6 Å². The normalized spacial score (nSPS) is 18.7. The van der Waals surface area contributed by atoms with Gasteiger partial charge < -0.3 is 5.73 Å². The number of rotatable bonds is 4. The Morgan fingerprint density at radius 2 is 2.00 bits per heavy atom. The lowest BCUT2D eigenvalue weighted by Crippen LogP contribution is -2.31. The van der Waals surface area contributed by atoms with E-state index in [-0.39, 0.29) is 23.4 Å². The van der Waals surface area contributed by atoms with Crippen LogP contribution >= 0.6 is 39.0 Å². The maximum Gasteiger partial charge on any atom is 0.247 e. The van der Waals surface area contributed by atoms with Crippen LogP contribution in [0.2, 0.25) is 0 Å². The Morgan fingerprint density at radius 3 is 2.65 bits per heavy atom. The quantitative estimate of drug-likeness (QED) is 0.333. The van der Waals surface area contributed by atoms with Gasteiger partial charge in [-0.25, -0.2) is 4.90 Å². The van der Waals surface area contributed by atoms with Crippen LogP contribution in [0.15, 0.2) is 56.5 Å². The molecule has 26 heavy (non-hydrogen) atoms. The first kappa shape index (κ1) is 18.8. The summed E-state index contributed by atoms with van der Waals surface area (Å²) in [4.78, 5) is 27.0. The lowest BCUT2D eigenvalue weighted by Gasteiger charge is -2.14. The van der Waals surface area contributed by atoms with Gasteiger partial charge in [0.1, 0.15) is 5.25 Å². The van der Waals surface area contributed by atoms with Gasteiger partial charge in [-0.15, -0.1) is 16.4 Å². The zero-order valence-electron chi connectivity index (χ0n) is 13.8. The van der Waals surface area contributed by atoms with Gasteiger partial charge in [0.2, 0.25) is 11.8 Å². The molecule has 6 nitrogen and oxygen atoms in total. The molecule has 1 saturated heterocycles. The Hall–Kier alpha value is -1.97. The van der Waals surface area contributed by atoms with E-state index in [1.807, 2.05) is 24.4 Å². The predicted molar refractivity (Wildman–Crippen MR) is 111 cm³/mol. The fraction of sp³-hybridized carbons (Fsp3) is 0.176. The SMILES string of the molecule is C/C(=N/N=C(\N)S[C@@H]1CC(=O)N(c2ccc(Br)cc2)C1=O)c1cccs1. The molecule has 0 spiro atoms. The number of hydrogen-bond acceptors (Lipinski definition) is 6. The van der Waals surface area contributed by atoms with Gasteiger partial charge in [-0.3, -0.25) is 9.59 Å². The van der Waals surface area contributed by atoms with Crippen molar-refractivity contribution < 1.29 is 9.59 Å². The van der Waals surface area contributed by atoms with E-state index in [9.17, 15) is 9.59 Å². The summed E-state index contributed by atoms with van der Waals surface area (Å²) in [5, 5.41) is 9.59. The van der Waals surface area contributed by atoms with Crippen molar-refractivity contribution in [2.24, 2.45) is 15.9 Å². The topological polar surface area (TPSA) is 88.1 Å². The third-order valence-corrected chi connectivity index (χ3v) is 6.11. The summed E-state index contributed by atoms with van der Waals surface area (Å²) in [5.74, 6) is -0.541. The fourth-order valence-electron chi connectivity index (χ4n) is 2.38. The summed E-state index contributed by atoms with van der Waals surface area (Å²) in [7, 11) is 0. The van der Waals surface area contributed by atoms with Crippen LogP contribution in [0, 0.1) is 0 Å². The first-order valence-corrected chi connectivity index (χ1v) is 10.2. The van der Waals surface area contributed by atoms with Crippen LogP contribution in [-0.4, -0.2) is 27.9 Å². The van der Waals surface area contributed by atoms with Crippen LogP contribution in [0.1, 0.15) is 18.2 Å². The molecule has 2 N–H and O–H groups in total. The monoisotopic (exact) mass is 450 g/mol. The highest BCUT2D eigenvalue weighted by Gasteiger charge is 2.40. The third kappa shape index (κ3) is 4.22. The van der Waals surface area contributed by atoms with Gasteiger partial charge in [-0.2, -0.15) is 5.10 Å². The second kappa shape index (κ2) is 8.15. The summed E-state index contributed by atoms with van der Waals surface area (Å²) < 4.78 is 0.876. The third-order valence-electron chi connectivity index (χ3n) is 3.63. The molecular formula is C17H15BrN4O2S2. The van der Waals surface area contributed by atoms with E-state index in [4.69, 9.17) is 5.73 Å². The molecule has 2 heterocycles. The van der Waals surface area contributed by atoms with Crippen molar-refractivity contribution in [3.05, 3.63) is 51.1 Å². The number of nitrogens with zero attached hydrogens (tertiary/aromatic N) is 3. The molecule has 134 valence electrons. The van der Waals surface area contributed by atoms with Gasteiger partial charge in [0, 0.05) is 10.9 Å². The lowest BCUT2D eigenvalue weighted by molar-refractivity contribution is -0.121. The number of anilines is 1. The molecular weight excluding hydrogens is 436 g/mol. The number of amidine groups is 1. The average Bonchev–Trinajstić information content (AvgIpc) is 3.23. The zero-order valence-corrected chi connectivity index (χ0v) is 17.0. The molecule has 1 fully saturated rings. The molecule has 0 radical (unpaired) electrons. The Labute approximate surface area is 167 Å². The summed E-state index contributed by atoms with van der Waals surface area (Å²) in [6.07, 6.45) is 0.0867. The van der Waals surface area contributed by atoms with Crippen molar-refractivity contribution >= 4 is 67.4 Å². The maximum atomic E-state index is 12.6. The molecule has 0 bridgehead atoms. The summed E-state index contributed by atoms with van der Waals surface area (Å²) in [5.41, 5.74) is 7.18. The molecule has 0 unspecified atom stereocenters. The highest BCUT2D eigenvalue weighted by Crippen LogP contribution is 2.30. The van der Waals surface area contributed by atoms with Crippen LogP contribution in [0.5, 0.6) is 0 Å². The Balaban J connectivity index is 1.69. The van der Waals surface area contributed by atoms with Gasteiger partial charge in [0.15, 0.2) is 5.17 Å². The number of nitrogens with two attached hydrogens (primary N) is 1. The standard InChI is InChI=1S/C17H15BrN4O2S2/c1-10(13-3-2-8-25-13)20-21-17(19)26-14-9-15(23)22(16(14)24)12-6-4-11(18)5-7-12/h2-8,14H,9H2,1H3,(H2,19,21)/b20-10-/t14-/m1/s1. The molecule has 1 aromatic carbocycles. The van der Waals surface area contributed by atoms with E-state index in [1.165, 1.54) is 4.90 Å². The highest BCUT2D eigenvalue weighted by atomic mass is 79.9. The second-order valence-electron chi connectivity index (χ2n) is 5.46. The van der Waals surface area contributed by atoms with E-state index in [0.717, 1.165) is 26.8 Å². The minimum atomic E-state index is -0.591. The van der Waals surface area contributed by atoms with Crippen LogP contribution in [-0.2, 0) is 9.59 Å². The molecule has 1 aromatic heterocycles. The number of hydrogen-bond donors (Lipinski definition) is 1. The van der Waals surface area contributed by atoms with Crippen molar-refractivity contribution in [1.82, 2.24) is 0 Å². The Morgan fingerprint density at radius 1 is 1.27 bits per heavy atom. The Kier molecular flexibility index (Phi) is 5.90. The maximum absolute atomic E-state index is 12.6. The number of amides is 2. The number of benzene rings is 1. The van der Waals surface area contributed by atoms with Crippen molar-refractivity contribution in [2.45, 2.75) is 18.6 Å². The number of thiophene rings is 1.